The van der Waals surface area contributed by atoms with E-state index in [0.29, 0.717) is 33.2 Å². The molecule has 0 atom stereocenters. The van der Waals surface area contributed by atoms with Gasteiger partial charge in [0.05, 0.1) is 22.2 Å². The number of hydrogen-bond acceptors (Lipinski definition) is 6. The number of nitrogens with one attached hydrogen (secondary N) is 1. The molecule has 0 aliphatic heterocycles. The predicted octanol–water partition coefficient (Wildman–Crippen LogP) is 4.52. The van der Waals surface area contributed by atoms with Crippen LogP contribution in [-0.4, -0.2) is 21.2 Å². The van der Waals surface area contributed by atoms with Gasteiger partial charge in [0, 0.05) is 11.4 Å². The number of carbonyl (C=O) groups excluding carboxylic acids is 1. The van der Waals surface area contributed by atoms with Gasteiger partial charge in [0.2, 0.25) is 5.91 Å². The molecule has 8 heteroatoms. The maximum atomic E-state index is 12.8. The highest BCUT2D eigenvalue weighted by Gasteiger charge is 2.21. The summed E-state index contributed by atoms with van der Waals surface area (Å²) in [5, 5.41) is 14.2. The average molecular weight is 451 g/mol. The molecule has 2 aromatic heterocycles. The van der Waals surface area contributed by atoms with Crippen LogP contribution in [0, 0.1) is 11.3 Å². The van der Waals surface area contributed by atoms with Gasteiger partial charge < -0.3 is 5.32 Å². The fourth-order valence-corrected chi connectivity index (χ4v) is 5.85. The highest BCUT2D eigenvalue weighted by atomic mass is 32.2. The number of thiophene rings is 1. The zero-order valence-corrected chi connectivity index (χ0v) is 18.7. The molecule has 31 heavy (non-hydrogen) atoms. The van der Waals surface area contributed by atoms with E-state index in [-0.39, 0.29) is 17.2 Å². The quantitative estimate of drug-likeness (QED) is 0.258. The molecule has 158 valence electrons. The van der Waals surface area contributed by atoms with Crippen LogP contribution >= 0.6 is 23.1 Å². The first-order valence-electron chi connectivity index (χ1n) is 10.2. The zero-order chi connectivity index (χ0) is 21.8. The molecule has 2 heterocycles. The fraction of sp³-hybridized carbons (Fsp3) is 0.304. The lowest BCUT2D eigenvalue weighted by molar-refractivity contribution is -0.113. The van der Waals surface area contributed by atoms with Gasteiger partial charge in [-0.2, -0.15) is 5.26 Å². The maximum absolute atomic E-state index is 12.8. The molecule has 4 rings (SSSR count). The van der Waals surface area contributed by atoms with Gasteiger partial charge in [0.25, 0.3) is 5.56 Å². The van der Waals surface area contributed by atoms with E-state index in [1.165, 1.54) is 39.0 Å². The van der Waals surface area contributed by atoms with Crippen molar-refractivity contribution in [2.75, 3.05) is 11.1 Å². The third-order valence-electron chi connectivity index (χ3n) is 5.26. The van der Waals surface area contributed by atoms with E-state index in [9.17, 15) is 14.9 Å². The lowest BCUT2D eigenvalue weighted by Gasteiger charge is -2.11. The largest absolute Gasteiger partial charge is 0.316 e. The van der Waals surface area contributed by atoms with Gasteiger partial charge in [-0.3, -0.25) is 14.2 Å². The van der Waals surface area contributed by atoms with E-state index in [0.717, 1.165) is 31.2 Å². The first-order chi connectivity index (χ1) is 15.1. The van der Waals surface area contributed by atoms with Crippen LogP contribution in [0.5, 0.6) is 0 Å². The molecule has 1 amide bonds. The third kappa shape index (κ3) is 4.43. The number of allylic oxidation sites excluding steroid dienone is 1. The molecule has 1 aliphatic carbocycles. The van der Waals surface area contributed by atoms with Crippen LogP contribution in [0.4, 0.5) is 5.00 Å². The van der Waals surface area contributed by atoms with Gasteiger partial charge in [-0.05, 0) is 43.4 Å². The molecule has 3 aromatic rings. The number of hydrogen-bond donors (Lipinski definition) is 1. The van der Waals surface area contributed by atoms with Crippen LogP contribution in [0.3, 0.4) is 0 Å². The van der Waals surface area contributed by atoms with Gasteiger partial charge in [0.15, 0.2) is 5.16 Å². The first kappa shape index (κ1) is 21.3. The van der Waals surface area contributed by atoms with Gasteiger partial charge >= 0.3 is 0 Å². The van der Waals surface area contributed by atoms with Gasteiger partial charge in [-0.25, -0.2) is 4.98 Å². The summed E-state index contributed by atoms with van der Waals surface area (Å²) in [7, 11) is 0. The van der Waals surface area contributed by atoms with Crippen molar-refractivity contribution in [2.45, 2.75) is 43.8 Å². The van der Waals surface area contributed by atoms with Crippen LogP contribution in [0.1, 0.15) is 35.3 Å². The smallest absolute Gasteiger partial charge is 0.262 e. The lowest BCUT2D eigenvalue weighted by Crippen LogP contribution is -2.23. The Kier molecular flexibility index (Phi) is 6.54. The molecular weight excluding hydrogens is 428 g/mol. The summed E-state index contributed by atoms with van der Waals surface area (Å²) >= 11 is 2.73. The second-order valence-corrected chi connectivity index (χ2v) is 9.38. The van der Waals surface area contributed by atoms with Gasteiger partial charge in [-0.15, -0.1) is 17.9 Å². The molecular formula is C23H22N4O2S2. The molecule has 1 aliphatic rings. The van der Waals surface area contributed by atoms with Gasteiger partial charge in [-0.1, -0.05) is 36.4 Å². The van der Waals surface area contributed by atoms with Crippen molar-refractivity contribution in [3.63, 3.8) is 0 Å². The maximum Gasteiger partial charge on any atom is 0.262 e. The van der Waals surface area contributed by atoms with E-state index in [2.05, 4.69) is 22.9 Å². The summed E-state index contributed by atoms with van der Waals surface area (Å²) < 4.78 is 1.53. The topological polar surface area (TPSA) is 87.8 Å². The number of nitriles is 1. The number of carbonyl (C=O) groups is 1. The third-order valence-corrected chi connectivity index (χ3v) is 7.44. The Labute approximate surface area is 188 Å². The number of aryl methyl sites for hydroxylation is 1. The van der Waals surface area contributed by atoms with Crippen molar-refractivity contribution in [1.82, 2.24) is 9.55 Å². The molecule has 0 saturated heterocycles. The Morgan fingerprint density at radius 1 is 1.32 bits per heavy atom. The summed E-state index contributed by atoms with van der Waals surface area (Å²) in [6, 6.07) is 9.45. The summed E-state index contributed by atoms with van der Waals surface area (Å²) in [5.74, 6) is -0.125. The van der Waals surface area contributed by atoms with Crippen molar-refractivity contribution in [1.29, 1.82) is 5.26 Å². The van der Waals surface area contributed by atoms with E-state index < -0.39 is 0 Å². The van der Waals surface area contributed by atoms with E-state index >= 15 is 0 Å². The number of rotatable bonds is 6. The van der Waals surface area contributed by atoms with Crippen LogP contribution in [0.15, 0.2) is 46.9 Å². The zero-order valence-electron chi connectivity index (χ0n) is 17.0. The summed E-state index contributed by atoms with van der Waals surface area (Å²) in [6.07, 6.45) is 6.88. The highest BCUT2D eigenvalue weighted by molar-refractivity contribution is 7.99. The van der Waals surface area contributed by atoms with E-state index in [4.69, 9.17) is 0 Å². The van der Waals surface area contributed by atoms with Crippen molar-refractivity contribution >= 4 is 44.9 Å². The molecule has 0 radical (unpaired) electrons. The number of benzene rings is 1. The molecule has 0 saturated carbocycles. The molecule has 0 unspecified atom stereocenters. The summed E-state index contributed by atoms with van der Waals surface area (Å²) in [5.41, 5.74) is 2.16. The molecule has 0 bridgehead atoms. The minimum absolute atomic E-state index is 0.0926. The van der Waals surface area contributed by atoms with Crippen LogP contribution in [-0.2, 0) is 24.2 Å². The first-order valence-corrected chi connectivity index (χ1v) is 12.0. The SMILES string of the molecule is C=CCn1c(SCC(=O)Nc2sc3c(c2C#N)CCCCC3)nc2ccccc2c1=O. The second kappa shape index (κ2) is 9.50. The van der Waals surface area contributed by atoms with Crippen LogP contribution in [0.2, 0.25) is 0 Å². The molecule has 0 spiro atoms. The number of thioether (sulfide) groups is 1. The van der Waals surface area contributed by atoms with Crippen molar-refractivity contribution in [2.24, 2.45) is 0 Å². The summed E-state index contributed by atoms with van der Waals surface area (Å²) in [6.45, 7) is 4.04. The minimum Gasteiger partial charge on any atom is -0.316 e. The Morgan fingerprint density at radius 2 is 2.13 bits per heavy atom. The van der Waals surface area contributed by atoms with Crippen LogP contribution < -0.4 is 10.9 Å². The average Bonchev–Trinajstić information content (AvgIpc) is 2.93. The Bertz CT molecular complexity index is 1250. The summed E-state index contributed by atoms with van der Waals surface area (Å²) in [4.78, 5) is 31.3. The number of fused-ring (bicyclic) bond motifs is 2. The number of nitrogens with zero attached hydrogens (tertiary/aromatic N) is 3. The van der Waals surface area contributed by atoms with Crippen molar-refractivity contribution in [3.05, 3.63) is 63.3 Å². The lowest BCUT2D eigenvalue weighted by atomic mass is 10.1. The number of amides is 1. The highest BCUT2D eigenvalue weighted by Crippen LogP contribution is 2.37. The second-order valence-electron chi connectivity index (χ2n) is 7.33. The number of aromatic nitrogens is 2. The minimum atomic E-state index is -0.217. The number of anilines is 1. The molecule has 1 N–H and O–H groups in total. The molecule has 0 fully saturated rings. The standard InChI is InChI=1S/C23H22N4O2S2/c1-2-12-27-22(29)16-9-6-7-10-18(16)25-23(27)30-14-20(28)26-21-17(13-24)15-8-4-3-5-11-19(15)31-21/h2,6-7,9-10H,1,3-5,8,11-12,14H2,(H,26,28). The predicted molar refractivity (Wildman–Crippen MR) is 126 cm³/mol. The fourth-order valence-electron chi connectivity index (χ4n) is 3.79. The Balaban J connectivity index is 1.54. The Morgan fingerprint density at radius 3 is 2.94 bits per heavy atom. The monoisotopic (exact) mass is 450 g/mol. The van der Waals surface area contributed by atoms with E-state index in [1.54, 1.807) is 24.3 Å². The van der Waals surface area contributed by atoms with E-state index in [1.807, 2.05) is 6.07 Å². The molecule has 6 nitrogen and oxygen atoms in total. The van der Waals surface area contributed by atoms with Crippen molar-refractivity contribution < 1.29 is 4.79 Å². The molecule has 1 aromatic carbocycles. The van der Waals surface area contributed by atoms with Gasteiger partial charge in [0.1, 0.15) is 11.1 Å². The van der Waals surface area contributed by atoms with Crippen LogP contribution in [0.25, 0.3) is 10.9 Å². The normalized spacial score (nSPS) is 13.3. The van der Waals surface area contributed by atoms with Crippen molar-refractivity contribution in [3.8, 4) is 6.07 Å². The number of para-hydroxylation sites is 1. The Hall–Kier alpha value is -2.89.